The SMILES string of the molecule is N=S(=O)(F)OP(=O)(O)OS(=N)(=O)F. The van der Waals surface area contributed by atoms with E-state index in [1.54, 1.807) is 0 Å². The van der Waals surface area contributed by atoms with Crippen molar-refractivity contribution in [3.05, 3.63) is 0 Å². The van der Waals surface area contributed by atoms with Crippen LogP contribution in [0, 0.1) is 9.56 Å². The molecule has 13 heavy (non-hydrogen) atoms. The van der Waals surface area contributed by atoms with Gasteiger partial charge in [0.15, 0.2) is 0 Å². The van der Waals surface area contributed by atoms with Crippen molar-refractivity contribution in [3.8, 4) is 0 Å². The van der Waals surface area contributed by atoms with E-state index in [0.717, 1.165) is 0 Å². The second kappa shape index (κ2) is 3.55. The minimum absolute atomic E-state index is 2.88. The average molecular weight is 260 g/mol. The first kappa shape index (κ1) is 12.9. The zero-order valence-electron chi connectivity index (χ0n) is 5.51. The molecule has 0 spiro atoms. The summed E-state index contributed by atoms with van der Waals surface area (Å²) in [6.07, 6.45) is 0. The predicted molar refractivity (Wildman–Crippen MR) is 35.9 cm³/mol. The molecule has 0 bridgehead atoms. The lowest BCUT2D eigenvalue weighted by atomic mass is 14.0. The van der Waals surface area contributed by atoms with Crippen LogP contribution in [0.3, 0.4) is 0 Å². The number of hydrogen-bond donors (Lipinski definition) is 3. The molecule has 0 radical (unpaired) electrons. The van der Waals surface area contributed by atoms with Crippen molar-refractivity contribution in [2.75, 3.05) is 0 Å². The van der Waals surface area contributed by atoms with Gasteiger partial charge in [-0.25, -0.2) is 14.1 Å². The van der Waals surface area contributed by atoms with Crippen LogP contribution in [-0.4, -0.2) is 13.3 Å². The fourth-order valence-electron chi connectivity index (χ4n) is 0.255. The maximum Gasteiger partial charge on any atom is 0.503 e. The average Bonchev–Trinajstić information content (AvgIpc) is 1.43. The smallest absolute Gasteiger partial charge is 0.301 e. The minimum Gasteiger partial charge on any atom is -0.301 e. The summed E-state index contributed by atoms with van der Waals surface area (Å²) in [5.41, 5.74) is 0. The standard InChI is InChI=1S/F2H3N2O6PS2/c1-12(3,7)9-11(5,6)10-13(2,4)8/h3-4H,(H,5,6). The molecule has 13 heteroatoms. The molecule has 2 atom stereocenters. The topological polar surface area (TPSA) is 138 Å². The minimum atomic E-state index is -5.61. The molecule has 80 valence electrons. The van der Waals surface area contributed by atoms with E-state index in [9.17, 15) is 20.8 Å². The van der Waals surface area contributed by atoms with Gasteiger partial charge in [-0.05, 0) is 0 Å². The highest BCUT2D eigenvalue weighted by Gasteiger charge is 2.32. The number of nitrogens with one attached hydrogen (secondary N) is 2. The quantitative estimate of drug-likeness (QED) is 0.505. The number of halogens is 2. The van der Waals surface area contributed by atoms with Crippen LogP contribution in [0.5, 0.6) is 0 Å². The number of hydrogen-bond acceptors (Lipinski definition) is 7. The van der Waals surface area contributed by atoms with Crippen molar-refractivity contribution in [2.24, 2.45) is 0 Å². The van der Waals surface area contributed by atoms with Crippen molar-refractivity contribution in [2.45, 2.75) is 0 Å². The first-order valence-electron chi connectivity index (χ1n) is 2.13. The maximum absolute atomic E-state index is 11.7. The molecule has 0 saturated carbocycles. The molecular weight excluding hydrogens is 257 g/mol. The normalized spacial score (nSPS) is 25.5. The lowest BCUT2D eigenvalue weighted by Gasteiger charge is -2.06. The second-order valence-electron chi connectivity index (χ2n) is 1.49. The Morgan fingerprint density at radius 1 is 1.15 bits per heavy atom. The molecule has 2 unspecified atom stereocenters. The van der Waals surface area contributed by atoms with E-state index >= 15 is 0 Å². The molecule has 0 aliphatic heterocycles. The highest BCUT2D eigenvalue weighted by Crippen LogP contribution is 2.47. The van der Waals surface area contributed by atoms with Gasteiger partial charge in [-0.2, -0.15) is 16.4 Å². The first-order valence-corrected chi connectivity index (χ1v) is 6.39. The molecule has 0 aromatic carbocycles. The molecule has 0 amide bonds. The van der Waals surface area contributed by atoms with Crippen molar-refractivity contribution in [3.63, 3.8) is 0 Å². The lowest BCUT2D eigenvalue weighted by Crippen LogP contribution is -2.00. The third kappa shape index (κ3) is 8.21. The second-order valence-corrected chi connectivity index (χ2v) is 5.37. The highest BCUT2D eigenvalue weighted by molar-refractivity contribution is 7.90. The Kier molecular flexibility index (Phi) is 3.52. The molecule has 0 fully saturated rings. The van der Waals surface area contributed by atoms with Crippen LogP contribution in [0.2, 0.25) is 0 Å². The fourth-order valence-corrected chi connectivity index (χ4v) is 2.52. The zero-order chi connectivity index (χ0) is 10.9. The molecule has 0 aliphatic rings. The summed E-state index contributed by atoms with van der Waals surface area (Å²) in [5.74, 6) is 0. The van der Waals surface area contributed by atoms with Gasteiger partial charge in [0, 0.05) is 0 Å². The number of phosphoric acid groups is 1. The van der Waals surface area contributed by atoms with Crippen LogP contribution in [0.1, 0.15) is 0 Å². The molecule has 0 aromatic heterocycles. The van der Waals surface area contributed by atoms with Gasteiger partial charge in [-0.15, -0.1) is 0 Å². The van der Waals surface area contributed by atoms with Gasteiger partial charge in [0.2, 0.25) is 0 Å². The molecule has 0 heterocycles. The van der Waals surface area contributed by atoms with E-state index in [2.05, 4.69) is 7.94 Å². The first-order chi connectivity index (χ1) is 5.41. The molecule has 8 nitrogen and oxygen atoms in total. The Morgan fingerprint density at radius 3 is 1.54 bits per heavy atom. The van der Waals surface area contributed by atoms with Crippen LogP contribution < -0.4 is 0 Å². The monoisotopic (exact) mass is 260 g/mol. The van der Waals surface area contributed by atoms with Crippen LogP contribution in [0.15, 0.2) is 0 Å². The van der Waals surface area contributed by atoms with E-state index in [1.165, 1.54) is 0 Å². The van der Waals surface area contributed by atoms with Gasteiger partial charge >= 0.3 is 28.6 Å². The van der Waals surface area contributed by atoms with Crippen LogP contribution in [-0.2, 0) is 33.3 Å². The van der Waals surface area contributed by atoms with Crippen LogP contribution in [0.4, 0.5) is 7.77 Å². The zero-order valence-corrected chi connectivity index (χ0v) is 8.04. The third-order valence-corrected chi connectivity index (χ3v) is 3.42. The Labute approximate surface area is 72.4 Å². The Balaban J connectivity index is 4.74. The van der Waals surface area contributed by atoms with Crippen molar-refractivity contribution in [1.82, 2.24) is 0 Å². The van der Waals surface area contributed by atoms with E-state index < -0.39 is 28.6 Å². The fraction of sp³-hybridized carbons (Fsp3) is 0. The molecule has 0 aliphatic carbocycles. The lowest BCUT2D eigenvalue weighted by molar-refractivity contribution is 0.294. The summed E-state index contributed by atoms with van der Waals surface area (Å²) >= 11 is 0. The summed E-state index contributed by atoms with van der Waals surface area (Å²) in [4.78, 5) is 8.22. The van der Waals surface area contributed by atoms with Crippen molar-refractivity contribution in [1.29, 1.82) is 9.56 Å². The van der Waals surface area contributed by atoms with Gasteiger partial charge in [0.05, 0.1) is 0 Å². The predicted octanol–water partition coefficient (Wildman–Crippen LogP) is 0.813. The Morgan fingerprint density at radius 2 is 1.38 bits per heavy atom. The van der Waals surface area contributed by atoms with Gasteiger partial charge in [0.1, 0.15) is 0 Å². The van der Waals surface area contributed by atoms with Gasteiger partial charge in [0.25, 0.3) is 0 Å². The molecular formula is H3F2N2O6PS2. The van der Waals surface area contributed by atoms with E-state index in [0.29, 0.717) is 0 Å². The van der Waals surface area contributed by atoms with E-state index in [4.69, 9.17) is 14.5 Å². The highest BCUT2D eigenvalue weighted by atomic mass is 32.3. The van der Waals surface area contributed by atoms with Crippen molar-refractivity contribution >= 4 is 28.6 Å². The summed E-state index contributed by atoms with van der Waals surface area (Å²) in [7, 11) is -16.3. The van der Waals surface area contributed by atoms with E-state index in [-0.39, 0.29) is 0 Å². The molecule has 0 saturated heterocycles. The van der Waals surface area contributed by atoms with Crippen LogP contribution in [0.25, 0.3) is 0 Å². The largest absolute Gasteiger partial charge is 0.503 e. The molecule has 0 rings (SSSR count). The van der Waals surface area contributed by atoms with Gasteiger partial charge in [-0.3, -0.25) is 0 Å². The number of rotatable bonds is 4. The van der Waals surface area contributed by atoms with Gasteiger partial charge < -0.3 is 4.89 Å². The summed E-state index contributed by atoms with van der Waals surface area (Å²) in [5, 5.41) is 0. The van der Waals surface area contributed by atoms with Gasteiger partial charge in [-0.1, -0.05) is 7.77 Å². The molecule has 3 N–H and O–H groups in total. The maximum atomic E-state index is 11.7. The Hall–Kier alpha value is -0.130. The summed E-state index contributed by atoms with van der Waals surface area (Å²) in [6.45, 7) is 0. The third-order valence-electron chi connectivity index (χ3n) is 0.380. The van der Waals surface area contributed by atoms with E-state index in [1.807, 2.05) is 0 Å². The Bertz CT molecular complexity index is 384. The van der Waals surface area contributed by atoms with Crippen LogP contribution >= 0.6 is 7.82 Å². The summed E-state index contributed by atoms with van der Waals surface area (Å²) < 4.78 is 70.8. The molecule has 0 aromatic rings. The summed E-state index contributed by atoms with van der Waals surface area (Å²) in [6, 6.07) is 0. The van der Waals surface area contributed by atoms with Crippen molar-refractivity contribution < 1.29 is 33.6 Å².